The summed E-state index contributed by atoms with van der Waals surface area (Å²) in [5, 5.41) is 3.04. The second kappa shape index (κ2) is 5.78. The summed E-state index contributed by atoms with van der Waals surface area (Å²) < 4.78 is 0. The molecule has 74 valence electrons. The second-order valence-electron chi connectivity index (χ2n) is 2.63. The molecule has 0 saturated heterocycles. The van der Waals surface area contributed by atoms with Crippen molar-refractivity contribution >= 4 is 34.4 Å². The molecular formula is C10H11NOS2. The number of para-hydroxylation sites is 1. The molecule has 0 heterocycles. The van der Waals surface area contributed by atoms with E-state index in [4.69, 9.17) is 0 Å². The lowest BCUT2D eigenvalue weighted by atomic mass is 10.2. The Morgan fingerprint density at radius 2 is 2.21 bits per heavy atom. The molecule has 0 spiro atoms. The zero-order valence-electron chi connectivity index (χ0n) is 7.51. The largest absolute Gasteiger partial charge is 0.371 e. The standard InChI is InChI=1S/C10H11NOS2/c1-2-8(7-12)11-9-5-3-4-6-10(9)14-13/h2-8,11,13H,1H2. The van der Waals surface area contributed by atoms with Gasteiger partial charge >= 0.3 is 0 Å². The Morgan fingerprint density at radius 1 is 1.50 bits per heavy atom. The van der Waals surface area contributed by atoms with Gasteiger partial charge in [-0.3, -0.25) is 0 Å². The molecule has 2 nitrogen and oxygen atoms in total. The Balaban J connectivity index is 2.84. The van der Waals surface area contributed by atoms with Crippen LogP contribution >= 0.6 is 22.5 Å². The quantitative estimate of drug-likeness (QED) is 0.349. The zero-order valence-corrected chi connectivity index (χ0v) is 9.22. The van der Waals surface area contributed by atoms with Crippen molar-refractivity contribution in [1.29, 1.82) is 0 Å². The predicted octanol–water partition coefficient (Wildman–Crippen LogP) is 2.79. The van der Waals surface area contributed by atoms with E-state index in [0.29, 0.717) is 0 Å². The first-order valence-electron chi connectivity index (χ1n) is 4.06. The van der Waals surface area contributed by atoms with Gasteiger partial charge in [-0.15, -0.1) is 18.2 Å². The molecule has 1 aromatic rings. The zero-order chi connectivity index (χ0) is 10.4. The molecule has 0 aliphatic heterocycles. The summed E-state index contributed by atoms with van der Waals surface area (Å²) in [5.41, 5.74) is 0.893. The molecule has 0 saturated carbocycles. The van der Waals surface area contributed by atoms with E-state index in [2.05, 4.69) is 23.6 Å². The summed E-state index contributed by atoms with van der Waals surface area (Å²) in [6.45, 7) is 3.56. The van der Waals surface area contributed by atoms with Gasteiger partial charge in [-0.25, -0.2) is 0 Å². The number of hydrogen-bond acceptors (Lipinski definition) is 4. The number of nitrogens with one attached hydrogen (secondary N) is 1. The fourth-order valence-corrected chi connectivity index (χ4v) is 1.84. The second-order valence-corrected chi connectivity index (χ2v) is 3.80. The normalized spacial score (nSPS) is 11.8. The Bertz CT molecular complexity index is 320. The van der Waals surface area contributed by atoms with Crippen molar-refractivity contribution in [1.82, 2.24) is 0 Å². The molecular weight excluding hydrogens is 214 g/mol. The average Bonchev–Trinajstić information content (AvgIpc) is 2.26. The van der Waals surface area contributed by atoms with Gasteiger partial charge in [0.1, 0.15) is 12.3 Å². The molecule has 4 heteroatoms. The van der Waals surface area contributed by atoms with Crippen molar-refractivity contribution in [2.75, 3.05) is 5.32 Å². The van der Waals surface area contributed by atoms with Gasteiger partial charge in [-0.2, -0.15) is 0 Å². The van der Waals surface area contributed by atoms with Crippen LogP contribution < -0.4 is 5.32 Å². The van der Waals surface area contributed by atoms with Crippen molar-refractivity contribution in [3.8, 4) is 0 Å². The Hall–Kier alpha value is -0.870. The van der Waals surface area contributed by atoms with Crippen molar-refractivity contribution in [3.63, 3.8) is 0 Å². The van der Waals surface area contributed by atoms with E-state index in [-0.39, 0.29) is 6.04 Å². The van der Waals surface area contributed by atoms with E-state index in [1.54, 1.807) is 6.08 Å². The maximum absolute atomic E-state index is 10.6. The molecule has 1 unspecified atom stereocenters. The van der Waals surface area contributed by atoms with Crippen LogP contribution in [0.15, 0.2) is 41.8 Å². The molecule has 1 atom stereocenters. The molecule has 1 aromatic carbocycles. The number of thiol groups is 1. The fraction of sp³-hybridized carbons (Fsp3) is 0.100. The molecule has 0 fully saturated rings. The Labute approximate surface area is 92.6 Å². The van der Waals surface area contributed by atoms with Gasteiger partial charge in [0.15, 0.2) is 0 Å². The first kappa shape index (κ1) is 11.2. The maximum Gasteiger partial charge on any atom is 0.146 e. The molecule has 1 N–H and O–H groups in total. The molecule has 0 aliphatic carbocycles. The molecule has 0 bridgehead atoms. The van der Waals surface area contributed by atoms with Crippen LogP contribution in [0, 0.1) is 0 Å². The lowest BCUT2D eigenvalue weighted by Gasteiger charge is -2.12. The molecule has 0 amide bonds. The molecule has 1 rings (SSSR count). The SMILES string of the molecule is C=CC(C=O)Nc1ccccc1SS. The lowest BCUT2D eigenvalue weighted by Crippen LogP contribution is -2.17. The third kappa shape index (κ3) is 2.82. The molecule has 0 radical (unpaired) electrons. The van der Waals surface area contributed by atoms with E-state index in [0.717, 1.165) is 16.9 Å². The van der Waals surface area contributed by atoms with Crippen LogP contribution in [0.2, 0.25) is 0 Å². The minimum atomic E-state index is -0.350. The first-order valence-corrected chi connectivity index (χ1v) is 5.93. The van der Waals surface area contributed by atoms with Crippen LogP contribution in [0.4, 0.5) is 5.69 Å². The van der Waals surface area contributed by atoms with Crippen molar-refractivity contribution in [2.24, 2.45) is 0 Å². The monoisotopic (exact) mass is 225 g/mol. The first-order chi connectivity index (χ1) is 6.81. The summed E-state index contributed by atoms with van der Waals surface area (Å²) >= 11 is 4.12. The highest BCUT2D eigenvalue weighted by molar-refractivity contribution is 8.68. The Morgan fingerprint density at radius 3 is 2.79 bits per heavy atom. The van der Waals surface area contributed by atoms with Crippen LogP contribution in [0.25, 0.3) is 0 Å². The molecule has 14 heavy (non-hydrogen) atoms. The third-order valence-electron chi connectivity index (χ3n) is 1.71. The van der Waals surface area contributed by atoms with Crippen molar-refractivity contribution < 1.29 is 4.79 Å². The lowest BCUT2D eigenvalue weighted by molar-refractivity contribution is -0.107. The predicted molar refractivity (Wildman–Crippen MR) is 65.0 cm³/mol. The maximum atomic E-state index is 10.6. The Kier molecular flexibility index (Phi) is 4.62. The van der Waals surface area contributed by atoms with Crippen LogP contribution in [-0.2, 0) is 4.79 Å². The number of hydrogen-bond donors (Lipinski definition) is 2. The number of carbonyl (C=O) groups excluding carboxylic acids is 1. The third-order valence-corrected chi connectivity index (χ3v) is 2.85. The minimum absolute atomic E-state index is 0.350. The van der Waals surface area contributed by atoms with E-state index >= 15 is 0 Å². The number of carbonyl (C=O) groups is 1. The highest BCUT2D eigenvalue weighted by Gasteiger charge is 2.04. The number of aldehydes is 1. The summed E-state index contributed by atoms with van der Waals surface area (Å²) in [6, 6.07) is 7.31. The summed E-state index contributed by atoms with van der Waals surface area (Å²) in [5.74, 6) is 0. The number of rotatable bonds is 5. The smallest absolute Gasteiger partial charge is 0.146 e. The summed E-state index contributed by atoms with van der Waals surface area (Å²) in [6.07, 6.45) is 2.37. The number of benzene rings is 1. The minimum Gasteiger partial charge on any atom is -0.371 e. The van der Waals surface area contributed by atoms with Gasteiger partial charge in [-0.05, 0) is 12.1 Å². The summed E-state index contributed by atoms with van der Waals surface area (Å²) in [7, 11) is 1.34. The molecule has 0 aromatic heterocycles. The van der Waals surface area contributed by atoms with Crippen molar-refractivity contribution in [2.45, 2.75) is 10.9 Å². The van der Waals surface area contributed by atoms with Gasteiger partial charge in [0.25, 0.3) is 0 Å². The van der Waals surface area contributed by atoms with Crippen LogP contribution in [0.1, 0.15) is 0 Å². The van der Waals surface area contributed by atoms with E-state index in [1.165, 1.54) is 10.8 Å². The van der Waals surface area contributed by atoms with Gasteiger partial charge in [0.2, 0.25) is 0 Å². The van der Waals surface area contributed by atoms with E-state index < -0.39 is 0 Å². The fourth-order valence-electron chi connectivity index (χ4n) is 0.994. The average molecular weight is 225 g/mol. The van der Waals surface area contributed by atoms with Gasteiger partial charge in [0.05, 0.1) is 0 Å². The van der Waals surface area contributed by atoms with Gasteiger partial charge in [0, 0.05) is 10.6 Å². The van der Waals surface area contributed by atoms with E-state index in [9.17, 15) is 4.79 Å². The highest BCUT2D eigenvalue weighted by Crippen LogP contribution is 2.29. The number of anilines is 1. The topological polar surface area (TPSA) is 29.1 Å². The van der Waals surface area contributed by atoms with Gasteiger partial charge < -0.3 is 10.1 Å². The van der Waals surface area contributed by atoms with Crippen LogP contribution in [-0.4, -0.2) is 12.3 Å². The van der Waals surface area contributed by atoms with Crippen molar-refractivity contribution in [3.05, 3.63) is 36.9 Å². The highest BCUT2D eigenvalue weighted by atomic mass is 33.1. The summed E-state index contributed by atoms with van der Waals surface area (Å²) in [4.78, 5) is 11.6. The van der Waals surface area contributed by atoms with Gasteiger partial charge in [-0.1, -0.05) is 29.0 Å². The van der Waals surface area contributed by atoms with Crippen LogP contribution in [0.3, 0.4) is 0 Å². The van der Waals surface area contributed by atoms with Crippen LogP contribution in [0.5, 0.6) is 0 Å². The van der Waals surface area contributed by atoms with E-state index in [1.807, 2.05) is 24.3 Å². The molecule has 0 aliphatic rings.